The van der Waals surface area contributed by atoms with Gasteiger partial charge in [0.25, 0.3) is 6.29 Å². The summed E-state index contributed by atoms with van der Waals surface area (Å²) >= 11 is 0. The molecule has 0 unspecified atom stereocenters. The van der Waals surface area contributed by atoms with Crippen LogP contribution in [0.2, 0.25) is 0 Å². The maximum absolute atomic E-state index is 11.4. The van der Waals surface area contributed by atoms with Crippen molar-refractivity contribution in [3.8, 4) is 0 Å². The second-order valence-corrected chi connectivity index (χ2v) is 4.05. The molecule has 0 radical (unpaired) electrons. The maximum atomic E-state index is 11.4. The van der Waals surface area contributed by atoms with Crippen molar-refractivity contribution in [2.24, 2.45) is 0 Å². The number of hydrogen-bond donors (Lipinski definition) is 1. The van der Waals surface area contributed by atoms with Crippen molar-refractivity contribution in [1.29, 1.82) is 0 Å². The second kappa shape index (κ2) is 8.51. The van der Waals surface area contributed by atoms with Crippen LogP contribution >= 0.6 is 0 Å². The summed E-state index contributed by atoms with van der Waals surface area (Å²) < 4.78 is 14.0. The Labute approximate surface area is 121 Å². The second-order valence-electron chi connectivity index (χ2n) is 4.05. The monoisotopic (exact) mass is 300 g/mol. The van der Waals surface area contributed by atoms with E-state index >= 15 is 0 Å². The van der Waals surface area contributed by atoms with Gasteiger partial charge in [0.2, 0.25) is 0 Å². The highest BCUT2D eigenvalue weighted by Crippen LogP contribution is 2.05. The first-order valence-electron chi connectivity index (χ1n) is 5.74. The number of rotatable bonds is 8. The number of carbonyl (C=O) groups is 4. The molecule has 0 bridgehead atoms. The van der Waals surface area contributed by atoms with Gasteiger partial charge >= 0.3 is 23.9 Å². The molecule has 21 heavy (non-hydrogen) atoms. The highest BCUT2D eigenvalue weighted by Gasteiger charge is 2.22. The Morgan fingerprint density at radius 3 is 1.76 bits per heavy atom. The van der Waals surface area contributed by atoms with E-state index in [1.165, 1.54) is 13.8 Å². The smallest absolute Gasteiger partial charge is 0.336 e. The first kappa shape index (κ1) is 18.4. The molecule has 8 nitrogen and oxygen atoms in total. The van der Waals surface area contributed by atoms with Crippen LogP contribution in [0.15, 0.2) is 24.3 Å². The third-order valence-electron chi connectivity index (χ3n) is 1.85. The predicted molar refractivity (Wildman–Crippen MR) is 68.8 cm³/mol. The van der Waals surface area contributed by atoms with Gasteiger partial charge in [-0.05, 0) is 13.8 Å². The van der Waals surface area contributed by atoms with Crippen LogP contribution in [0, 0.1) is 0 Å². The molecule has 0 aromatic rings. The van der Waals surface area contributed by atoms with E-state index in [-0.39, 0.29) is 11.1 Å². The van der Waals surface area contributed by atoms with Crippen molar-refractivity contribution in [2.45, 2.75) is 26.6 Å². The first-order valence-corrected chi connectivity index (χ1v) is 5.74. The van der Waals surface area contributed by atoms with Crippen molar-refractivity contribution >= 4 is 23.9 Å². The number of esters is 3. The molecule has 116 valence electrons. The van der Waals surface area contributed by atoms with Crippen LogP contribution < -0.4 is 0 Å². The highest BCUT2D eigenvalue weighted by molar-refractivity contribution is 5.90. The van der Waals surface area contributed by atoms with Gasteiger partial charge < -0.3 is 19.3 Å². The van der Waals surface area contributed by atoms with Crippen LogP contribution in [0.1, 0.15) is 20.3 Å². The Morgan fingerprint density at radius 2 is 1.43 bits per heavy atom. The molecule has 0 atom stereocenters. The summed E-state index contributed by atoms with van der Waals surface area (Å²) in [4.78, 5) is 44.1. The van der Waals surface area contributed by atoms with Gasteiger partial charge in [0.1, 0.15) is 6.42 Å². The van der Waals surface area contributed by atoms with Crippen molar-refractivity contribution in [1.82, 2.24) is 0 Å². The van der Waals surface area contributed by atoms with Crippen molar-refractivity contribution in [3.63, 3.8) is 0 Å². The van der Waals surface area contributed by atoms with Gasteiger partial charge in [0.05, 0.1) is 0 Å². The Balaban J connectivity index is 4.64. The summed E-state index contributed by atoms with van der Waals surface area (Å²) in [5.74, 6) is -4.16. The topological polar surface area (TPSA) is 116 Å². The number of hydrogen-bond acceptors (Lipinski definition) is 7. The average Bonchev–Trinajstić information content (AvgIpc) is 2.34. The molecule has 1 N–H and O–H groups in total. The number of carboxylic acid groups (broad SMARTS) is 1. The van der Waals surface area contributed by atoms with Crippen LogP contribution in [-0.4, -0.2) is 41.9 Å². The van der Waals surface area contributed by atoms with E-state index in [1.807, 2.05) is 0 Å². The van der Waals surface area contributed by atoms with Gasteiger partial charge in [0, 0.05) is 11.1 Å². The maximum Gasteiger partial charge on any atom is 0.336 e. The SMILES string of the molecule is C=C(C)C(=O)OC(COC(=O)CC(=O)O)OC(=O)C(=C)C. The summed E-state index contributed by atoms with van der Waals surface area (Å²) in [7, 11) is 0. The molecular weight excluding hydrogens is 284 g/mol. The van der Waals surface area contributed by atoms with Gasteiger partial charge in [-0.15, -0.1) is 0 Å². The predicted octanol–water partition coefficient (Wildman–Crippen LogP) is 0.569. The number of carboxylic acids is 1. The zero-order chi connectivity index (χ0) is 16.6. The minimum atomic E-state index is -1.52. The van der Waals surface area contributed by atoms with E-state index in [4.69, 9.17) is 14.6 Å². The zero-order valence-corrected chi connectivity index (χ0v) is 11.7. The van der Waals surface area contributed by atoms with E-state index in [1.54, 1.807) is 0 Å². The Morgan fingerprint density at radius 1 is 1.00 bits per heavy atom. The van der Waals surface area contributed by atoms with Crippen LogP contribution in [0.5, 0.6) is 0 Å². The molecule has 8 heteroatoms. The average molecular weight is 300 g/mol. The lowest BCUT2D eigenvalue weighted by molar-refractivity contribution is -0.195. The minimum Gasteiger partial charge on any atom is -0.481 e. The van der Waals surface area contributed by atoms with Crippen LogP contribution in [0.4, 0.5) is 0 Å². The Kier molecular flexibility index (Phi) is 7.44. The van der Waals surface area contributed by atoms with Crippen molar-refractivity contribution in [2.75, 3.05) is 6.61 Å². The van der Waals surface area contributed by atoms with E-state index in [9.17, 15) is 19.2 Å². The summed E-state index contributed by atoms with van der Waals surface area (Å²) in [6.45, 7) is 8.79. The number of aliphatic carboxylic acids is 1. The standard InChI is InChI=1S/C13H16O8/c1-7(2)12(17)20-11(21-13(18)8(3)4)6-19-10(16)5-9(14)15/h11H,1,3,5-6H2,2,4H3,(H,14,15). The highest BCUT2D eigenvalue weighted by atomic mass is 16.7. The van der Waals surface area contributed by atoms with E-state index in [0.29, 0.717) is 0 Å². The van der Waals surface area contributed by atoms with Crippen LogP contribution in [0.3, 0.4) is 0 Å². The van der Waals surface area contributed by atoms with Gasteiger partial charge in [-0.3, -0.25) is 9.59 Å². The molecule has 0 aliphatic carbocycles. The number of carbonyl (C=O) groups excluding carboxylic acids is 3. The zero-order valence-electron chi connectivity index (χ0n) is 11.7. The molecule has 0 saturated heterocycles. The Bertz CT molecular complexity index is 449. The van der Waals surface area contributed by atoms with E-state index < -0.39 is 43.2 Å². The molecule has 0 fully saturated rings. The summed E-state index contributed by atoms with van der Waals surface area (Å²) in [6, 6.07) is 0. The van der Waals surface area contributed by atoms with Gasteiger partial charge in [-0.25, -0.2) is 9.59 Å². The molecule has 0 amide bonds. The van der Waals surface area contributed by atoms with Crippen LogP contribution in [-0.2, 0) is 33.4 Å². The van der Waals surface area contributed by atoms with Gasteiger partial charge in [-0.2, -0.15) is 0 Å². The minimum absolute atomic E-state index is 0.0447. The van der Waals surface area contributed by atoms with Crippen molar-refractivity contribution < 1.29 is 38.5 Å². The summed E-state index contributed by atoms with van der Waals surface area (Å²) in [5.41, 5.74) is 0.0893. The van der Waals surface area contributed by atoms with E-state index in [0.717, 1.165) is 0 Å². The molecule has 0 rings (SSSR count). The molecule has 0 heterocycles. The molecule has 0 spiro atoms. The molecular formula is C13H16O8. The lowest BCUT2D eigenvalue weighted by Crippen LogP contribution is -2.31. The molecule has 0 aromatic heterocycles. The molecule has 0 aliphatic rings. The quantitative estimate of drug-likeness (QED) is 0.299. The lowest BCUT2D eigenvalue weighted by atomic mass is 10.3. The van der Waals surface area contributed by atoms with Gasteiger partial charge in [0.15, 0.2) is 6.61 Å². The Hall–Kier alpha value is -2.64. The first-order chi connectivity index (χ1) is 9.63. The molecule has 0 saturated carbocycles. The van der Waals surface area contributed by atoms with Crippen molar-refractivity contribution in [3.05, 3.63) is 24.3 Å². The fourth-order valence-corrected chi connectivity index (χ4v) is 0.868. The fourth-order valence-electron chi connectivity index (χ4n) is 0.868. The normalized spacial score (nSPS) is 9.67. The molecule has 0 aliphatic heterocycles. The fraction of sp³-hybridized carbons (Fsp3) is 0.385. The summed E-state index contributed by atoms with van der Waals surface area (Å²) in [5, 5.41) is 8.39. The summed E-state index contributed by atoms with van der Waals surface area (Å²) in [6.07, 6.45) is -2.38. The largest absolute Gasteiger partial charge is 0.481 e. The molecule has 0 aromatic carbocycles. The lowest BCUT2D eigenvalue weighted by Gasteiger charge is -2.18. The number of ether oxygens (including phenoxy) is 3. The van der Waals surface area contributed by atoms with E-state index in [2.05, 4.69) is 17.9 Å². The third-order valence-corrected chi connectivity index (χ3v) is 1.85. The van der Waals surface area contributed by atoms with Gasteiger partial charge in [-0.1, -0.05) is 13.2 Å². The third kappa shape index (κ3) is 8.19. The van der Waals surface area contributed by atoms with Crippen LogP contribution in [0.25, 0.3) is 0 Å².